The Labute approximate surface area is 166 Å². The first-order valence-electron chi connectivity index (χ1n) is 8.86. The highest BCUT2D eigenvalue weighted by Crippen LogP contribution is 2.37. The Hall–Kier alpha value is -2.99. The van der Waals surface area contributed by atoms with Gasteiger partial charge in [0, 0.05) is 23.2 Å². The number of rotatable bonds is 4. The van der Waals surface area contributed by atoms with E-state index in [1.165, 1.54) is 10.6 Å². The lowest BCUT2D eigenvalue weighted by molar-refractivity contribution is 0.354. The van der Waals surface area contributed by atoms with Crippen LogP contribution in [0, 0.1) is 0 Å². The van der Waals surface area contributed by atoms with E-state index in [1.54, 1.807) is 30.9 Å². The fourth-order valence-electron chi connectivity index (χ4n) is 3.57. The van der Waals surface area contributed by atoms with Crippen LogP contribution in [0.4, 0.5) is 0 Å². The number of halogens is 1. The lowest BCUT2D eigenvalue weighted by Gasteiger charge is -2.24. The highest BCUT2D eigenvalue weighted by atomic mass is 35.5. The summed E-state index contributed by atoms with van der Waals surface area (Å²) in [5.74, 6) is 1.20. The van der Waals surface area contributed by atoms with E-state index in [-0.39, 0.29) is 17.8 Å². The number of benzene rings is 2. The third kappa shape index (κ3) is 3.10. The minimum absolute atomic E-state index is 0.202. The second-order valence-corrected chi connectivity index (χ2v) is 7.07. The number of fused-ring (bicyclic) bond motifs is 3. The van der Waals surface area contributed by atoms with Gasteiger partial charge < -0.3 is 9.47 Å². The molecule has 6 nitrogen and oxygen atoms in total. The fourth-order valence-corrected chi connectivity index (χ4v) is 3.70. The van der Waals surface area contributed by atoms with Crippen molar-refractivity contribution in [3.63, 3.8) is 0 Å². The van der Waals surface area contributed by atoms with E-state index in [9.17, 15) is 9.59 Å². The van der Waals surface area contributed by atoms with Crippen LogP contribution in [0.2, 0.25) is 5.02 Å². The molecule has 4 rings (SSSR count). The summed E-state index contributed by atoms with van der Waals surface area (Å²) in [6.45, 7) is 0.700. The second kappa shape index (κ2) is 7.20. The number of nitrogens with zero attached hydrogens (tertiary/aromatic N) is 2. The molecule has 28 heavy (non-hydrogen) atoms. The standard InChI is InChI=1S/C21H19ClN2O4/c1-27-18-9-14-7-8-23-17(16(14)10-19(18)28-2)11-20(25)24(21(23)26)12-13-3-5-15(22)6-4-13/h3-6,9-11H,7-8,12H2,1-2H3. The Balaban J connectivity index is 1.83. The van der Waals surface area contributed by atoms with Crippen LogP contribution >= 0.6 is 11.6 Å². The van der Waals surface area contributed by atoms with E-state index in [2.05, 4.69) is 0 Å². The molecule has 0 saturated carbocycles. The zero-order valence-corrected chi connectivity index (χ0v) is 16.3. The van der Waals surface area contributed by atoms with Gasteiger partial charge in [0.15, 0.2) is 11.5 Å². The van der Waals surface area contributed by atoms with Gasteiger partial charge >= 0.3 is 5.69 Å². The molecule has 144 valence electrons. The van der Waals surface area contributed by atoms with Crippen molar-refractivity contribution in [1.82, 2.24) is 9.13 Å². The molecule has 0 radical (unpaired) electrons. The molecule has 0 amide bonds. The van der Waals surface area contributed by atoms with Crippen molar-refractivity contribution in [1.29, 1.82) is 0 Å². The average molecular weight is 399 g/mol. The molecule has 7 heteroatoms. The van der Waals surface area contributed by atoms with Crippen molar-refractivity contribution in [2.45, 2.75) is 19.5 Å². The van der Waals surface area contributed by atoms with Gasteiger partial charge in [-0.15, -0.1) is 0 Å². The van der Waals surface area contributed by atoms with Crippen LogP contribution in [-0.4, -0.2) is 23.4 Å². The van der Waals surface area contributed by atoms with Crippen molar-refractivity contribution in [3.05, 3.63) is 79.5 Å². The smallest absolute Gasteiger partial charge is 0.331 e. The summed E-state index contributed by atoms with van der Waals surface area (Å²) in [5.41, 5.74) is 2.62. The molecule has 0 N–H and O–H groups in total. The minimum atomic E-state index is -0.339. The van der Waals surface area contributed by atoms with Gasteiger partial charge in [0.1, 0.15) is 0 Å². The molecule has 1 aliphatic rings. The van der Waals surface area contributed by atoms with Gasteiger partial charge in [0.2, 0.25) is 0 Å². The summed E-state index contributed by atoms with van der Waals surface area (Å²) in [6.07, 6.45) is 0.668. The van der Waals surface area contributed by atoms with Crippen molar-refractivity contribution < 1.29 is 9.47 Å². The summed E-state index contributed by atoms with van der Waals surface area (Å²) >= 11 is 5.91. The van der Waals surface area contributed by atoms with Crippen molar-refractivity contribution >= 4 is 11.6 Å². The summed E-state index contributed by atoms with van der Waals surface area (Å²) < 4.78 is 13.6. The molecule has 3 aromatic rings. The van der Waals surface area contributed by atoms with Crippen LogP contribution in [0.15, 0.2) is 52.1 Å². The average Bonchev–Trinajstić information content (AvgIpc) is 2.71. The van der Waals surface area contributed by atoms with Crippen LogP contribution in [-0.2, 0) is 19.5 Å². The lowest BCUT2D eigenvalue weighted by Crippen LogP contribution is -2.41. The summed E-state index contributed by atoms with van der Waals surface area (Å²) in [6, 6.07) is 12.3. The largest absolute Gasteiger partial charge is 0.493 e. The monoisotopic (exact) mass is 398 g/mol. The van der Waals surface area contributed by atoms with Crippen LogP contribution < -0.4 is 20.7 Å². The van der Waals surface area contributed by atoms with Crippen LogP contribution in [0.1, 0.15) is 11.1 Å². The maximum absolute atomic E-state index is 13.0. The first-order chi connectivity index (χ1) is 13.5. The Bertz CT molecular complexity index is 1160. The second-order valence-electron chi connectivity index (χ2n) is 6.63. The van der Waals surface area contributed by atoms with Gasteiger partial charge in [-0.3, -0.25) is 13.9 Å². The van der Waals surface area contributed by atoms with E-state index in [4.69, 9.17) is 21.1 Å². The molecule has 0 aliphatic carbocycles. The van der Waals surface area contributed by atoms with E-state index in [0.29, 0.717) is 35.2 Å². The van der Waals surface area contributed by atoms with Crippen LogP contribution in [0.5, 0.6) is 11.5 Å². The third-order valence-corrected chi connectivity index (χ3v) is 5.27. The molecule has 1 aliphatic heterocycles. The molecule has 0 atom stereocenters. The number of hydrogen-bond acceptors (Lipinski definition) is 4. The molecule has 1 aromatic heterocycles. The number of aromatic nitrogens is 2. The SMILES string of the molecule is COc1cc2c(cc1OC)-c1cc(=O)n(Cc3ccc(Cl)cc3)c(=O)n1CC2. The quantitative estimate of drug-likeness (QED) is 0.678. The van der Waals surface area contributed by atoms with E-state index < -0.39 is 0 Å². The Morgan fingerprint density at radius 3 is 2.36 bits per heavy atom. The van der Waals surface area contributed by atoms with Crippen molar-refractivity contribution in [3.8, 4) is 22.8 Å². The molecule has 0 bridgehead atoms. The summed E-state index contributed by atoms with van der Waals surface area (Å²) in [7, 11) is 3.14. The van der Waals surface area contributed by atoms with Gasteiger partial charge in [0.05, 0.1) is 26.5 Å². The van der Waals surface area contributed by atoms with E-state index in [1.807, 2.05) is 24.3 Å². The molecular weight excluding hydrogens is 380 g/mol. The predicted molar refractivity (Wildman–Crippen MR) is 108 cm³/mol. The number of ether oxygens (including phenoxy) is 2. The Morgan fingerprint density at radius 1 is 1.00 bits per heavy atom. The van der Waals surface area contributed by atoms with Gasteiger partial charge in [0.25, 0.3) is 5.56 Å². The van der Waals surface area contributed by atoms with Crippen molar-refractivity contribution in [2.75, 3.05) is 14.2 Å². The van der Waals surface area contributed by atoms with Crippen LogP contribution in [0.3, 0.4) is 0 Å². The predicted octanol–water partition coefficient (Wildman–Crippen LogP) is 2.95. The normalized spacial score (nSPS) is 12.2. The minimum Gasteiger partial charge on any atom is -0.493 e. The highest BCUT2D eigenvalue weighted by Gasteiger charge is 2.22. The van der Waals surface area contributed by atoms with E-state index >= 15 is 0 Å². The fraction of sp³-hybridized carbons (Fsp3) is 0.238. The third-order valence-electron chi connectivity index (χ3n) is 5.02. The maximum atomic E-state index is 13.0. The molecule has 0 saturated heterocycles. The van der Waals surface area contributed by atoms with E-state index in [0.717, 1.165) is 16.7 Å². The highest BCUT2D eigenvalue weighted by molar-refractivity contribution is 6.30. The zero-order chi connectivity index (χ0) is 19.8. The lowest BCUT2D eigenvalue weighted by atomic mass is 9.97. The Kier molecular flexibility index (Phi) is 4.73. The molecule has 0 unspecified atom stereocenters. The van der Waals surface area contributed by atoms with Gasteiger partial charge in [-0.25, -0.2) is 4.79 Å². The number of aryl methyl sites for hydroxylation is 1. The topological polar surface area (TPSA) is 62.5 Å². The molecule has 2 heterocycles. The summed E-state index contributed by atoms with van der Waals surface area (Å²) in [4.78, 5) is 25.8. The van der Waals surface area contributed by atoms with Gasteiger partial charge in [-0.1, -0.05) is 23.7 Å². The number of hydrogen-bond donors (Lipinski definition) is 0. The Morgan fingerprint density at radius 2 is 1.68 bits per heavy atom. The number of methoxy groups -OCH3 is 2. The maximum Gasteiger partial charge on any atom is 0.331 e. The first-order valence-corrected chi connectivity index (χ1v) is 9.24. The van der Waals surface area contributed by atoms with Crippen LogP contribution in [0.25, 0.3) is 11.3 Å². The molecule has 0 fully saturated rings. The molecule has 2 aromatic carbocycles. The van der Waals surface area contributed by atoms with Crippen molar-refractivity contribution in [2.24, 2.45) is 0 Å². The molecular formula is C21H19ClN2O4. The summed E-state index contributed by atoms with van der Waals surface area (Å²) in [5, 5.41) is 0.610. The van der Waals surface area contributed by atoms with Gasteiger partial charge in [-0.2, -0.15) is 0 Å². The first kappa shape index (κ1) is 18.4. The zero-order valence-electron chi connectivity index (χ0n) is 15.6. The van der Waals surface area contributed by atoms with Gasteiger partial charge in [-0.05, 0) is 41.8 Å². The molecule has 0 spiro atoms.